The number of hydrogen-bond acceptors (Lipinski definition) is 2. The van der Waals surface area contributed by atoms with Gasteiger partial charge in [-0.25, -0.2) is 0 Å². The van der Waals surface area contributed by atoms with Crippen LogP contribution in [0.2, 0.25) is 18.1 Å². The maximum absolute atomic E-state index is 6.92. The number of unbranched alkanes of at least 4 members (excludes halogenated alkanes) is 1. The first-order chi connectivity index (χ1) is 13.6. The minimum atomic E-state index is -1.64. The van der Waals surface area contributed by atoms with E-state index in [4.69, 9.17) is 9.16 Å². The molecule has 0 heterocycles. The summed E-state index contributed by atoms with van der Waals surface area (Å²) in [4.78, 5) is 0. The molecular weight excluding hydrogens is 360 g/mol. The van der Waals surface area contributed by atoms with Crippen molar-refractivity contribution in [2.75, 3.05) is 6.61 Å². The first kappa shape index (κ1) is 22.8. The maximum Gasteiger partial charge on any atom is 0.250 e. The lowest BCUT2D eigenvalue weighted by atomic mass is 9.80. The Labute approximate surface area is 174 Å². The van der Waals surface area contributed by atoms with E-state index in [-0.39, 0.29) is 0 Å². The van der Waals surface area contributed by atoms with Crippen molar-refractivity contribution in [1.82, 2.24) is 0 Å². The van der Waals surface area contributed by atoms with E-state index < -0.39 is 8.32 Å². The van der Waals surface area contributed by atoms with Crippen LogP contribution in [0.3, 0.4) is 0 Å². The molecule has 0 saturated carbocycles. The SMILES string of the molecule is C=C(COc1ccccc1)[C@H]1CCCC(O[Si](CC)(CC)CC)=C1CCCC. The normalized spacial score (nSPS) is 17.5. The Bertz CT molecular complexity index is 623. The van der Waals surface area contributed by atoms with Crippen LogP contribution < -0.4 is 4.74 Å². The molecule has 3 heteroatoms. The highest BCUT2D eigenvalue weighted by molar-refractivity contribution is 6.73. The van der Waals surface area contributed by atoms with Crippen molar-refractivity contribution in [3.8, 4) is 5.75 Å². The fourth-order valence-electron chi connectivity index (χ4n) is 4.27. The van der Waals surface area contributed by atoms with Crippen LogP contribution in [0.5, 0.6) is 5.75 Å². The lowest BCUT2D eigenvalue weighted by Gasteiger charge is -2.36. The highest BCUT2D eigenvalue weighted by Gasteiger charge is 2.34. The van der Waals surface area contributed by atoms with Gasteiger partial charge in [0.1, 0.15) is 12.4 Å². The molecule has 1 aromatic rings. The molecule has 1 aromatic carbocycles. The molecule has 0 aromatic heterocycles. The molecule has 0 bridgehead atoms. The van der Waals surface area contributed by atoms with Gasteiger partial charge in [-0.15, -0.1) is 0 Å². The molecule has 2 nitrogen and oxygen atoms in total. The van der Waals surface area contributed by atoms with E-state index in [1.807, 2.05) is 30.3 Å². The fraction of sp³-hybridized carbons (Fsp3) is 0.600. The predicted molar refractivity (Wildman–Crippen MR) is 123 cm³/mol. The standard InChI is InChI=1S/C25H40O2Si/c1-6-10-17-24-23(21(5)20-26-22-15-12-11-13-16-22)18-14-19-25(24)27-28(7-2,8-3)9-4/h11-13,15-16,23H,5-10,14,17-20H2,1-4H3/t23-/m1/s1. The second-order valence-corrected chi connectivity index (χ2v) is 12.8. The molecule has 0 unspecified atom stereocenters. The van der Waals surface area contributed by atoms with E-state index in [1.165, 1.54) is 60.7 Å². The van der Waals surface area contributed by atoms with Crippen LogP contribution >= 0.6 is 0 Å². The lowest BCUT2D eigenvalue weighted by Crippen LogP contribution is -2.36. The van der Waals surface area contributed by atoms with E-state index in [1.54, 1.807) is 0 Å². The number of rotatable bonds is 12. The summed E-state index contributed by atoms with van der Waals surface area (Å²) >= 11 is 0. The van der Waals surface area contributed by atoms with Crippen LogP contribution in [-0.2, 0) is 4.43 Å². The predicted octanol–water partition coefficient (Wildman–Crippen LogP) is 7.89. The van der Waals surface area contributed by atoms with Crippen molar-refractivity contribution < 1.29 is 9.16 Å². The van der Waals surface area contributed by atoms with E-state index in [9.17, 15) is 0 Å². The molecule has 156 valence electrons. The zero-order valence-electron chi connectivity index (χ0n) is 18.6. The van der Waals surface area contributed by atoms with Crippen molar-refractivity contribution in [2.24, 2.45) is 5.92 Å². The van der Waals surface area contributed by atoms with Gasteiger partial charge in [-0.1, -0.05) is 58.9 Å². The molecule has 1 atom stereocenters. The summed E-state index contributed by atoms with van der Waals surface area (Å²) in [5.74, 6) is 2.66. The molecule has 0 radical (unpaired) electrons. The molecule has 0 N–H and O–H groups in total. The minimum Gasteiger partial charge on any atom is -0.547 e. The Hall–Kier alpha value is -1.48. The van der Waals surface area contributed by atoms with Gasteiger partial charge in [-0.3, -0.25) is 0 Å². The van der Waals surface area contributed by atoms with Crippen molar-refractivity contribution in [3.05, 3.63) is 53.8 Å². The van der Waals surface area contributed by atoms with E-state index in [0.29, 0.717) is 12.5 Å². The van der Waals surface area contributed by atoms with Crippen molar-refractivity contribution in [2.45, 2.75) is 84.4 Å². The molecule has 1 aliphatic carbocycles. The number of allylic oxidation sites excluding steroid dienone is 2. The summed E-state index contributed by atoms with van der Waals surface area (Å²) in [5.41, 5.74) is 2.73. The Morgan fingerprint density at radius 1 is 1.07 bits per heavy atom. The molecule has 0 saturated heterocycles. The molecule has 0 amide bonds. The molecule has 0 spiro atoms. The zero-order chi connectivity index (χ0) is 20.4. The lowest BCUT2D eigenvalue weighted by molar-refractivity contribution is 0.310. The topological polar surface area (TPSA) is 18.5 Å². The number of benzene rings is 1. The summed E-state index contributed by atoms with van der Waals surface area (Å²) in [5, 5.41) is 0. The van der Waals surface area contributed by atoms with E-state index >= 15 is 0 Å². The smallest absolute Gasteiger partial charge is 0.250 e. The van der Waals surface area contributed by atoms with Gasteiger partial charge >= 0.3 is 0 Å². The van der Waals surface area contributed by atoms with E-state index in [0.717, 1.165) is 18.6 Å². The summed E-state index contributed by atoms with van der Waals surface area (Å²) in [7, 11) is -1.64. The average Bonchev–Trinajstić information content (AvgIpc) is 2.75. The van der Waals surface area contributed by atoms with Gasteiger partial charge in [0.05, 0.1) is 5.76 Å². The van der Waals surface area contributed by atoms with Crippen molar-refractivity contribution in [3.63, 3.8) is 0 Å². The molecule has 1 aliphatic rings. The summed E-state index contributed by atoms with van der Waals surface area (Å²) in [6, 6.07) is 13.7. The second kappa shape index (κ2) is 11.5. The molecular formula is C25H40O2Si. The van der Waals surface area contributed by atoms with Crippen molar-refractivity contribution in [1.29, 1.82) is 0 Å². The van der Waals surface area contributed by atoms with Crippen LogP contribution in [0.15, 0.2) is 53.8 Å². The summed E-state index contributed by atoms with van der Waals surface area (Å²) in [6.07, 6.45) is 7.07. The Morgan fingerprint density at radius 3 is 2.36 bits per heavy atom. The highest BCUT2D eigenvalue weighted by Crippen LogP contribution is 2.40. The zero-order valence-corrected chi connectivity index (χ0v) is 19.6. The van der Waals surface area contributed by atoms with Gasteiger partial charge in [-0.2, -0.15) is 0 Å². The number of ether oxygens (including phenoxy) is 1. The third-order valence-corrected chi connectivity index (χ3v) is 11.0. The molecule has 28 heavy (non-hydrogen) atoms. The number of hydrogen-bond donors (Lipinski definition) is 0. The summed E-state index contributed by atoms with van der Waals surface area (Å²) < 4.78 is 12.9. The first-order valence-electron chi connectivity index (χ1n) is 11.4. The van der Waals surface area contributed by atoms with Gasteiger partial charge in [0.15, 0.2) is 0 Å². The van der Waals surface area contributed by atoms with Gasteiger partial charge in [0.25, 0.3) is 0 Å². The molecule has 2 rings (SSSR count). The average molecular weight is 401 g/mol. The van der Waals surface area contributed by atoms with Crippen LogP contribution in [-0.4, -0.2) is 14.9 Å². The third kappa shape index (κ3) is 6.01. The number of para-hydroxylation sites is 1. The van der Waals surface area contributed by atoms with Gasteiger partial charge in [0.2, 0.25) is 8.32 Å². The minimum absolute atomic E-state index is 0.413. The monoisotopic (exact) mass is 400 g/mol. The quantitative estimate of drug-likeness (QED) is 0.262. The second-order valence-electron chi connectivity index (χ2n) is 8.10. The summed E-state index contributed by atoms with van der Waals surface area (Å²) in [6.45, 7) is 14.3. The van der Waals surface area contributed by atoms with Gasteiger partial charge < -0.3 is 9.16 Å². The van der Waals surface area contributed by atoms with E-state index in [2.05, 4.69) is 34.3 Å². The van der Waals surface area contributed by atoms with Crippen LogP contribution in [0.25, 0.3) is 0 Å². The van der Waals surface area contributed by atoms with Gasteiger partial charge in [0, 0.05) is 12.3 Å². The molecule has 0 fully saturated rings. The van der Waals surface area contributed by atoms with Crippen LogP contribution in [0.4, 0.5) is 0 Å². The van der Waals surface area contributed by atoms with Gasteiger partial charge in [-0.05, 0) is 67.1 Å². The largest absolute Gasteiger partial charge is 0.547 e. The third-order valence-electron chi connectivity index (χ3n) is 6.41. The highest BCUT2D eigenvalue weighted by atomic mass is 28.4. The fourth-order valence-corrected chi connectivity index (χ4v) is 6.95. The Kier molecular flexibility index (Phi) is 9.37. The van der Waals surface area contributed by atoms with Crippen LogP contribution in [0, 0.1) is 5.92 Å². The molecule has 0 aliphatic heterocycles. The maximum atomic E-state index is 6.92. The van der Waals surface area contributed by atoms with Crippen LogP contribution in [0.1, 0.15) is 66.2 Å². The first-order valence-corrected chi connectivity index (χ1v) is 13.9. The van der Waals surface area contributed by atoms with Crippen molar-refractivity contribution >= 4 is 8.32 Å². The Morgan fingerprint density at radius 2 is 1.75 bits per heavy atom. The Balaban J connectivity index is 2.19.